The summed E-state index contributed by atoms with van der Waals surface area (Å²) in [5.41, 5.74) is 2.07. The van der Waals surface area contributed by atoms with Crippen LogP contribution in [0.5, 0.6) is 5.75 Å². The van der Waals surface area contributed by atoms with Crippen LogP contribution in [0.1, 0.15) is 24.0 Å². The lowest BCUT2D eigenvalue weighted by molar-refractivity contribution is -0.0815. The van der Waals surface area contributed by atoms with Crippen molar-refractivity contribution in [3.63, 3.8) is 0 Å². The first-order valence-electron chi connectivity index (χ1n) is 5.98. The Morgan fingerprint density at radius 2 is 2.06 bits per heavy atom. The van der Waals surface area contributed by atoms with Crippen LogP contribution in [0.4, 0.5) is 0 Å². The summed E-state index contributed by atoms with van der Waals surface area (Å²) in [4.78, 5) is 0. The number of hydrogen-bond acceptors (Lipinski definition) is 3. The molecule has 0 bridgehead atoms. The average Bonchev–Trinajstić information content (AvgIpc) is 2.30. The molecule has 3 nitrogen and oxygen atoms in total. The normalized spacial score (nSPS) is 23.0. The largest absolute Gasteiger partial charge is 0.508 e. The van der Waals surface area contributed by atoms with E-state index in [0.717, 1.165) is 44.5 Å². The summed E-state index contributed by atoms with van der Waals surface area (Å²) in [5.74, 6) is 0.402. The summed E-state index contributed by atoms with van der Waals surface area (Å²) < 4.78 is 6.01. The van der Waals surface area contributed by atoms with Gasteiger partial charge in [-0.15, -0.1) is 0 Å². The van der Waals surface area contributed by atoms with Crippen molar-refractivity contribution in [1.29, 1.82) is 0 Å². The van der Waals surface area contributed by atoms with Gasteiger partial charge in [0.05, 0.1) is 12.2 Å². The Morgan fingerprint density at radius 1 is 1.25 bits per heavy atom. The number of aromatic hydroxyl groups is 1. The number of benzene rings is 1. The summed E-state index contributed by atoms with van der Waals surface area (Å²) in [7, 11) is 0. The summed E-state index contributed by atoms with van der Waals surface area (Å²) in [6, 6.07) is 5.81. The molecule has 1 aromatic rings. The van der Waals surface area contributed by atoms with E-state index in [1.165, 1.54) is 5.56 Å². The first kappa shape index (κ1) is 10.1. The maximum absolute atomic E-state index is 10.1. The molecule has 0 radical (unpaired) electrons. The zero-order valence-electron chi connectivity index (χ0n) is 9.33. The Morgan fingerprint density at radius 3 is 2.88 bits per heavy atom. The van der Waals surface area contributed by atoms with E-state index in [1.54, 1.807) is 6.07 Å². The van der Waals surface area contributed by atoms with Gasteiger partial charge < -0.3 is 15.2 Å². The molecule has 0 atom stereocenters. The van der Waals surface area contributed by atoms with Gasteiger partial charge in [-0.1, -0.05) is 12.1 Å². The van der Waals surface area contributed by atoms with Crippen LogP contribution in [0.15, 0.2) is 18.2 Å². The van der Waals surface area contributed by atoms with Crippen LogP contribution in [-0.2, 0) is 16.8 Å². The monoisotopic (exact) mass is 219 g/mol. The highest BCUT2D eigenvalue weighted by Gasteiger charge is 2.40. The Hall–Kier alpha value is -1.06. The molecule has 2 aliphatic rings. The third kappa shape index (κ3) is 1.43. The Kier molecular flexibility index (Phi) is 2.37. The van der Waals surface area contributed by atoms with Crippen molar-refractivity contribution < 1.29 is 9.84 Å². The van der Waals surface area contributed by atoms with E-state index >= 15 is 0 Å². The van der Waals surface area contributed by atoms with Crippen LogP contribution in [-0.4, -0.2) is 24.8 Å². The van der Waals surface area contributed by atoms with Gasteiger partial charge in [-0.05, 0) is 44.0 Å². The molecule has 1 spiro atoms. The molecule has 86 valence electrons. The zero-order valence-corrected chi connectivity index (χ0v) is 9.33. The minimum atomic E-state index is -0.232. The number of rotatable bonds is 0. The van der Waals surface area contributed by atoms with E-state index in [0.29, 0.717) is 5.75 Å². The summed E-state index contributed by atoms with van der Waals surface area (Å²) in [6.45, 7) is 2.71. The van der Waals surface area contributed by atoms with Gasteiger partial charge in [0.1, 0.15) is 5.75 Å². The van der Waals surface area contributed by atoms with Crippen molar-refractivity contribution in [1.82, 2.24) is 5.32 Å². The van der Waals surface area contributed by atoms with Crippen LogP contribution >= 0.6 is 0 Å². The third-order valence-electron chi connectivity index (χ3n) is 3.75. The van der Waals surface area contributed by atoms with Gasteiger partial charge >= 0.3 is 0 Å². The number of phenols is 1. The highest BCUT2D eigenvalue weighted by Crippen LogP contribution is 2.44. The number of hydrogen-bond donors (Lipinski definition) is 2. The number of nitrogens with one attached hydrogen (secondary N) is 1. The Labute approximate surface area is 95.4 Å². The summed E-state index contributed by atoms with van der Waals surface area (Å²) >= 11 is 0. The number of fused-ring (bicyclic) bond motifs is 2. The molecular formula is C13H17NO2. The molecule has 0 amide bonds. The fraction of sp³-hybridized carbons (Fsp3) is 0.538. The highest BCUT2D eigenvalue weighted by atomic mass is 16.5. The molecule has 0 aliphatic carbocycles. The van der Waals surface area contributed by atoms with Gasteiger partial charge in [0.25, 0.3) is 0 Å². The standard InChI is InChI=1S/C13H17NO2/c15-11-3-1-2-10-4-9-16-13(12(10)11)5-7-14-8-6-13/h1-3,14-15H,4-9H2. The first-order valence-corrected chi connectivity index (χ1v) is 5.98. The van der Waals surface area contributed by atoms with E-state index in [4.69, 9.17) is 4.74 Å². The summed E-state index contributed by atoms with van der Waals surface area (Å²) in [5, 5.41) is 13.4. The molecule has 0 unspecified atom stereocenters. The van der Waals surface area contributed by atoms with Crippen molar-refractivity contribution in [3.8, 4) is 5.75 Å². The van der Waals surface area contributed by atoms with Crippen molar-refractivity contribution in [2.45, 2.75) is 24.9 Å². The van der Waals surface area contributed by atoms with Gasteiger partial charge in [-0.2, -0.15) is 0 Å². The molecule has 1 aromatic carbocycles. The van der Waals surface area contributed by atoms with Crippen LogP contribution in [0.25, 0.3) is 0 Å². The van der Waals surface area contributed by atoms with E-state index in [1.807, 2.05) is 6.07 Å². The quantitative estimate of drug-likeness (QED) is 0.695. The van der Waals surface area contributed by atoms with E-state index in [-0.39, 0.29) is 5.60 Å². The van der Waals surface area contributed by atoms with Gasteiger partial charge in [0.2, 0.25) is 0 Å². The predicted octanol–water partition coefficient (Wildman–Crippen LogP) is 1.54. The van der Waals surface area contributed by atoms with Crippen molar-refractivity contribution >= 4 is 0 Å². The predicted molar refractivity (Wildman–Crippen MR) is 61.5 cm³/mol. The van der Waals surface area contributed by atoms with Gasteiger partial charge in [-0.25, -0.2) is 0 Å². The topological polar surface area (TPSA) is 41.5 Å². The van der Waals surface area contributed by atoms with Crippen molar-refractivity contribution in [2.75, 3.05) is 19.7 Å². The third-order valence-corrected chi connectivity index (χ3v) is 3.75. The van der Waals surface area contributed by atoms with Crippen LogP contribution in [0.3, 0.4) is 0 Å². The molecule has 3 rings (SSSR count). The van der Waals surface area contributed by atoms with E-state index in [9.17, 15) is 5.11 Å². The number of ether oxygens (including phenoxy) is 1. The smallest absolute Gasteiger partial charge is 0.121 e. The van der Waals surface area contributed by atoms with Crippen molar-refractivity contribution in [3.05, 3.63) is 29.3 Å². The molecule has 1 saturated heterocycles. The highest BCUT2D eigenvalue weighted by molar-refractivity contribution is 5.45. The van der Waals surface area contributed by atoms with Crippen LogP contribution in [0, 0.1) is 0 Å². The second-order valence-electron chi connectivity index (χ2n) is 4.65. The minimum Gasteiger partial charge on any atom is -0.508 e. The minimum absolute atomic E-state index is 0.232. The van der Waals surface area contributed by atoms with Crippen LogP contribution < -0.4 is 5.32 Å². The molecule has 2 N–H and O–H groups in total. The maximum Gasteiger partial charge on any atom is 0.121 e. The first-order chi connectivity index (χ1) is 7.82. The lowest BCUT2D eigenvalue weighted by atomic mass is 9.79. The molecular weight excluding hydrogens is 202 g/mol. The number of piperidine rings is 1. The fourth-order valence-corrected chi connectivity index (χ4v) is 2.97. The Bertz CT molecular complexity index is 397. The van der Waals surface area contributed by atoms with E-state index in [2.05, 4.69) is 11.4 Å². The molecule has 3 heteroatoms. The van der Waals surface area contributed by atoms with Crippen molar-refractivity contribution in [2.24, 2.45) is 0 Å². The molecule has 0 aromatic heterocycles. The van der Waals surface area contributed by atoms with Gasteiger partial charge in [0, 0.05) is 5.56 Å². The number of phenolic OH excluding ortho intramolecular Hbond substituents is 1. The van der Waals surface area contributed by atoms with E-state index < -0.39 is 0 Å². The Balaban J connectivity index is 2.10. The molecule has 0 saturated carbocycles. The lowest BCUT2D eigenvalue weighted by Gasteiger charge is -2.42. The van der Waals surface area contributed by atoms with Crippen LogP contribution in [0.2, 0.25) is 0 Å². The van der Waals surface area contributed by atoms with Gasteiger partial charge in [0.15, 0.2) is 0 Å². The van der Waals surface area contributed by atoms with Gasteiger partial charge in [-0.3, -0.25) is 0 Å². The zero-order chi connectivity index (χ0) is 11.0. The molecule has 16 heavy (non-hydrogen) atoms. The fourth-order valence-electron chi connectivity index (χ4n) is 2.97. The second kappa shape index (κ2) is 3.75. The molecule has 1 fully saturated rings. The second-order valence-corrected chi connectivity index (χ2v) is 4.65. The maximum atomic E-state index is 10.1. The SMILES string of the molecule is Oc1cccc2c1C1(CCNCC1)OCC2. The summed E-state index contributed by atoms with van der Waals surface area (Å²) in [6.07, 6.45) is 2.83. The molecule has 2 heterocycles. The lowest BCUT2D eigenvalue weighted by Crippen LogP contribution is -2.44. The molecule has 2 aliphatic heterocycles. The average molecular weight is 219 g/mol.